The highest BCUT2D eigenvalue weighted by Crippen LogP contribution is 2.17. The third kappa shape index (κ3) is 51.3. The number of nitrogens with one attached hydrogen (secondary N) is 1. The average Bonchev–Trinajstić information content (AvgIpc) is 3.31. The Morgan fingerprint density at radius 2 is 0.769 bits per heavy atom. The highest BCUT2D eigenvalue weighted by atomic mass is 16.5. The molecule has 0 saturated heterocycles. The van der Waals surface area contributed by atoms with Gasteiger partial charge in [0, 0.05) is 12.8 Å². The van der Waals surface area contributed by atoms with Gasteiger partial charge in [-0.05, 0) is 83.5 Å². The minimum atomic E-state index is -0.680. The van der Waals surface area contributed by atoms with Crippen LogP contribution in [0.1, 0.15) is 303 Å². The summed E-state index contributed by atoms with van der Waals surface area (Å²) in [5.41, 5.74) is 0. The van der Waals surface area contributed by atoms with Crippen molar-refractivity contribution in [1.29, 1.82) is 0 Å². The van der Waals surface area contributed by atoms with Gasteiger partial charge >= 0.3 is 5.97 Å². The number of hydrogen-bond acceptors (Lipinski definition) is 5. The first-order chi connectivity index (χ1) is 32.0. The molecule has 0 aromatic carbocycles. The molecule has 0 heterocycles. The summed E-state index contributed by atoms with van der Waals surface area (Å²) in [6, 6.07) is -0.559. The number of allylic oxidation sites excluding steroid dienone is 6. The zero-order chi connectivity index (χ0) is 47.2. The van der Waals surface area contributed by atoms with Crippen LogP contribution in [0.2, 0.25) is 0 Å². The lowest BCUT2D eigenvalue weighted by molar-refractivity contribution is -0.143. The first kappa shape index (κ1) is 63.1. The molecule has 1 amide bonds. The standard InChI is InChI=1S/C59H111NO5/c1-3-5-7-9-11-13-15-17-19-20-21-24-27-31-35-39-43-47-51-57(62)56(55-61)60-58(63)52-48-44-40-36-32-28-25-22-26-30-34-38-42-46-50-54-65-59(64)53-49-45-41-37-33-29-23-18-16-14-12-10-8-6-4-2/h18,22-23,26,30,34,56-57,61-62H,3-17,19-21,24-25,27-29,31-33,35-55H2,1-2H3,(H,60,63)/b23-18-,26-22-,34-30-. The summed E-state index contributed by atoms with van der Waals surface area (Å²) in [5.74, 6) is -0.0858. The van der Waals surface area contributed by atoms with Crippen LogP contribution in [0.15, 0.2) is 36.5 Å². The second kappa shape index (κ2) is 54.7. The molecular weight excluding hydrogens is 803 g/mol. The number of rotatable bonds is 53. The van der Waals surface area contributed by atoms with Crippen LogP contribution in [0.4, 0.5) is 0 Å². The molecule has 0 aliphatic rings. The van der Waals surface area contributed by atoms with E-state index < -0.39 is 12.1 Å². The van der Waals surface area contributed by atoms with Gasteiger partial charge < -0.3 is 20.3 Å². The fourth-order valence-corrected chi connectivity index (χ4v) is 8.74. The van der Waals surface area contributed by atoms with Crippen LogP contribution in [0.25, 0.3) is 0 Å². The molecule has 0 radical (unpaired) electrons. The van der Waals surface area contributed by atoms with E-state index in [1.807, 2.05) is 0 Å². The fourth-order valence-electron chi connectivity index (χ4n) is 8.74. The fraction of sp³-hybridized carbons (Fsp3) is 0.864. The van der Waals surface area contributed by atoms with E-state index in [2.05, 4.69) is 55.6 Å². The Kier molecular flexibility index (Phi) is 53.1. The molecular formula is C59H111NO5. The molecule has 0 rings (SSSR count). The maximum atomic E-state index is 12.5. The second-order valence-electron chi connectivity index (χ2n) is 19.6. The van der Waals surface area contributed by atoms with Gasteiger partial charge in [-0.2, -0.15) is 0 Å². The summed E-state index contributed by atoms with van der Waals surface area (Å²) in [5, 5.41) is 23.3. The van der Waals surface area contributed by atoms with E-state index in [0.717, 1.165) is 77.0 Å². The molecule has 2 unspecified atom stereocenters. The Morgan fingerprint density at radius 1 is 0.431 bits per heavy atom. The Bertz CT molecular complexity index is 1060. The molecule has 0 aromatic rings. The van der Waals surface area contributed by atoms with Crippen molar-refractivity contribution >= 4 is 11.9 Å². The molecule has 0 spiro atoms. The average molecular weight is 915 g/mol. The number of aliphatic hydroxyl groups is 2. The highest BCUT2D eigenvalue weighted by Gasteiger charge is 2.20. The van der Waals surface area contributed by atoms with E-state index in [1.165, 1.54) is 193 Å². The van der Waals surface area contributed by atoms with Gasteiger partial charge in [-0.1, -0.05) is 243 Å². The molecule has 3 N–H and O–H groups in total. The number of carbonyl (C=O) groups excluding carboxylic acids is 2. The van der Waals surface area contributed by atoms with Crippen molar-refractivity contribution < 1.29 is 24.5 Å². The Morgan fingerprint density at radius 3 is 1.18 bits per heavy atom. The van der Waals surface area contributed by atoms with Gasteiger partial charge in [0.25, 0.3) is 0 Å². The predicted molar refractivity (Wildman–Crippen MR) is 283 cm³/mol. The Hall–Kier alpha value is -1.92. The first-order valence-corrected chi connectivity index (χ1v) is 28.8. The molecule has 6 nitrogen and oxygen atoms in total. The van der Waals surface area contributed by atoms with Crippen molar-refractivity contribution in [2.24, 2.45) is 0 Å². The molecule has 0 aromatic heterocycles. The number of carbonyl (C=O) groups is 2. The smallest absolute Gasteiger partial charge is 0.305 e. The largest absolute Gasteiger partial charge is 0.466 e. The lowest BCUT2D eigenvalue weighted by Gasteiger charge is -2.22. The third-order valence-electron chi connectivity index (χ3n) is 13.2. The van der Waals surface area contributed by atoms with Crippen molar-refractivity contribution in [3.8, 4) is 0 Å². The zero-order valence-electron chi connectivity index (χ0n) is 43.5. The van der Waals surface area contributed by atoms with Crippen LogP contribution in [0, 0.1) is 0 Å². The molecule has 0 bridgehead atoms. The van der Waals surface area contributed by atoms with Crippen molar-refractivity contribution in [3.63, 3.8) is 0 Å². The van der Waals surface area contributed by atoms with Gasteiger partial charge in [-0.15, -0.1) is 0 Å². The van der Waals surface area contributed by atoms with Crippen LogP contribution in [0.3, 0.4) is 0 Å². The monoisotopic (exact) mass is 914 g/mol. The SMILES string of the molecule is CCCCCCCC/C=C\CCCCCCCC(=O)OCCCCC/C=C\C=C/CCCCCCCCC(=O)NC(CO)C(O)CCCCCCCCCCCCCCCCCCCC. The number of amides is 1. The predicted octanol–water partition coefficient (Wildman–Crippen LogP) is 17.6. The van der Waals surface area contributed by atoms with Crippen molar-refractivity contribution in [2.75, 3.05) is 13.2 Å². The van der Waals surface area contributed by atoms with Gasteiger partial charge in [-0.3, -0.25) is 9.59 Å². The van der Waals surface area contributed by atoms with E-state index in [-0.39, 0.29) is 18.5 Å². The van der Waals surface area contributed by atoms with Crippen molar-refractivity contribution in [1.82, 2.24) is 5.32 Å². The van der Waals surface area contributed by atoms with Gasteiger partial charge in [0.1, 0.15) is 0 Å². The molecule has 0 fully saturated rings. The second-order valence-corrected chi connectivity index (χ2v) is 19.6. The number of ether oxygens (including phenoxy) is 1. The number of hydrogen-bond donors (Lipinski definition) is 3. The maximum Gasteiger partial charge on any atom is 0.305 e. The van der Waals surface area contributed by atoms with Crippen molar-refractivity contribution in [3.05, 3.63) is 36.5 Å². The third-order valence-corrected chi connectivity index (χ3v) is 13.2. The quantitative estimate of drug-likeness (QED) is 0.0244. The van der Waals surface area contributed by atoms with Gasteiger partial charge in [0.05, 0.1) is 25.4 Å². The first-order valence-electron chi connectivity index (χ1n) is 28.8. The summed E-state index contributed by atoms with van der Waals surface area (Å²) in [7, 11) is 0. The van der Waals surface area contributed by atoms with Crippen molar-refractivity contribution in [2.45, 2.75) is 315 Å². The molecule has 2 atom stereocenters. The van der Waals surface area contributed by atoms with Gasteiger partial charge in [0.15, 0.2) is 0 Å². The zero-order valence-corrected chi connectivity index (χ0v) is 43.5. The van der Waals surface area contributed by atoms with Gasteiger partial charge in [-0.25, -0.2) is 0 Å². The summed E-state index contributed by atoms with van der Waals surface area (Å²) >= 11 is 0. The summed E-state index contributed by atoms with van der Waals surface area (Å²) in [4.78, 5) is 24.5. The van der Waals surface area contributed by atoms with Crippen LogP contribution in [-0.4, -0.2) is 47.4 Å². The summed E-state index contributed by atoms with van der Waals surface area (Å²) < 4.78 is 5.44. The molecule has 0 aliphatic heterocycles. The molecule has 0 aliphatic carbocycles. The molecule has 0 saturated carbocycles. The Balaban J connectivity index is 3.52. The van der Waals surface area contributed by atoms with E-state index in [4.69, 9.17) is 4.74 Å². The number of aliphatic hydroxyl groups excluding tert-OH is 2. The van der Waals surface area contributed by atoms with E-state index in [9.17, 15) is 19.8 Å². The van der Waals surface area contributed by atoms with Crippen LogP contribution < -0.4 is 5.32 Å². The topological polar surface area (TPSA) is 95.9 Å². The maximum absolute atomic E-state index is 12.5. The Labute approximate surface area is 404 Å². The van der Waals surface area contributed by atoms with E-state index >= 15 is 0 Å². The number of unbranched alkanes of at least 4 members (excludes halogenated alkanes) is 37. The minimum absolute atomic E-state index is 0.0295. The van der Waals surface area contributed by atoms with Crippen LogP contribution in [0.5, 0.6) is 0 Å². The summed E-state index contributed by atoms with van der Waals surface area (Å²) in [6.45, 7) is 4.90. The van der Waals surface area contributed by atoms with E-state index in [1.54, 1.807) is 0 Å². The number of esters is 1. The molecule has 382 valence electrons. The molecule has 65 heavy (non-hydrogen) atoms. The van der Waals surface area contributed by atoms with Crippen LogP contribution in [-0.2, 0) is 14.3 Å². The van der Waals surface area contributed by atoms with Gasteiger partial charge in [0.2, 0.25) is 5.91 Å². The lowest BCUT2D eigenvalue weighted by Crippen LogP contribution is -2.45. The summed E-state index contributed by atoms with van der Waals surface area (Å²) in [6.07, 6.45) is 67.0. The minimum Gasteiger partial charge on any atom is -0.466 e. The van der Waals surface area contributed by atoms with Crippen LogP contribution >= 0.6 is 0 Å². The lowest BCUT2D eigenvalue weighted by atomic mass is 10.0. The van der Waals surface area contributed by atoms with E-state index in [0.29, 0.717) is 25.9 Å². The normalized spacial score (nSPS) is 12.9. The highest BCUT2D eigenvalue weighted by molar-refractivity contribution is 5.76. The molecule has 6 heteroatoms.